The highest BCUT2D eigenvalue weighted by molar-refractivity contribution is 8.05. The fourth-order valence-electron chi connectivity index (χ4n) is 3.65. The molecule has 1 unspecified atom stereocenters. The predicted molar refractivity (Wildman–Crippen MR) is 102 cm³/mol. The summed E-state index contributed by atoms with van der Waals surface area (Å²) in [6.07, 6.45) is 9.59. The van der Waals surface area contributed by atoms with Gasteiger partial charge in [0, 0.05) is 34.9 Å². The van der Waals surface area contributed by atoms with Gasteiger partial charge in [0.25, 0.3) is 0 Å². The molecule has 4 aliphatic rings. The van der Waals surface area contributed by atoms with Crippen LogP contribution in [0.4, 0.5) is 0 Å². The van der Waals surface area contributed by atoms with Crippen molar-refractivity contribution in [3.8, 4) is 0 Å². The third kappa shape index (κ3) is 2.29. The van der Waals surface area contributed by atoms with Crippen LogP contribution in [0.25, 0.3) is 5.70 Å². The van der Waals surface area contributed by atoms with E-state index in [0.717, 1.165) is 22.7 Å². The fourth-order valence-corrected chi connectivity index (χ4v) is 5.39. The first-order valence-corrected chi connectivity index (χ1v) is 9.41. The first-order chi connectivity index (χ1) is 12.2. The van der Waals surface area contributed by atoms with Crippen molar-refractivity contribution in [2.45, 2.75) is 11.4 Å². The van der Waals surface area contributed by atoms with Crippen molar-refractivity contribution in [2.75, 3.05) is 13.7 Å². The van der Waals surface area contributed by atoms with E-state index in [-0.39, 0.29) is 4.99 Å². The minimum Gasteiger partial charge on any atom is -0.356 e. The third-order valence-corrected chi connectivity index (χ3v) is 6.60. The van der Waals surface area contributed by atoms with Gasteiger partial charge < -0.3 is 10.3 Å². The molecule has 1 saturated heterocycles. The molecule has 0 radical (unpaired) electrons. The first kappa shape index (κ1) is 15.5. The average molecular weight is 372 g/mol. The maximum Gasteiger partial charge on any atom is 0.178 e. The zero-order valence-electron chi connectivity index (χ0n) is 13.7. The molecule has 5 nitrogen and oxygen atoms in total. The van der Waals surface area contributed by atoms with Crippen molar-refractivity contribution in [1.29, 1.82) is 0 Å². The van der Waals surface area contributed by atoms with Gasteiger partial charge in [0.1, 0.15) is 0 Å². The van der Waals surface area contributed by atoms with Crippen LogP contribution in [0.15, 0.2) is 64.9 Å². The summed E-state index contributed by atoms with van der Waals surface area (Å²) in [6.45, 7) is 0.693. The molecule has 0 saturated carbocycles. The van der Waals surface area contributed by atoms with Crippen LogP contribution in [0.2, 0.25) is 5.02 Å². The number of halogens is 1. The standard InChI is InChI=1S/C18H18ClN5S/c1-23-9-8-12-14-6-7-16(13-4-2-3-5-15(13)19)21-24-11-20-22-18(14,24)25-17(12)10-23/h2-5,7-10,20-22H,6,11H2,1H3. The van der Waals surface area contributed by atoms with Crippen LogP contribution in [-0.4, -0.2) is 28.6 Å². The summed E-state index contributed by atoms with van der Waals surface area (Å²) in [4.78, 5) is 3.06. The molecule has 0 amide bonds. The molecule has 4 aliphatic heterocycles. The molecule has 1 fully saturated rings. The van der Waals surface area contributed by atoms with Crippen molar-refractivity contribution in [1.82, 2.24) is 26.2 Å². The summed E-state index contributed by atoms with van der Waals surface area (Å²) in [5.74, 6) is 0. The Labute approximate surface area is 156 Å². The Kier molecular flexibility index (Phi) is 3.52. The lowest BCUT2D eigenvalue weighted by Gasteiger charge is -2.34. The highest BCUT2D eigenvalue weighted by atomic mass is 35.5. The second-order valence-electron chi connectivity index (χ2n) is 6.41. The molecular formula is C18H18ClN5S. The fraction of sp³-hybridized carbons (Fsp3) is 0.222. The van der Waals surface area contributed by atoms with Gasteiger partial charge in [-0.05, 0) is 29.7 Å². The Balaban J connectivity index is 1.62. The largest absolute Gasteiger partial charge is 0.356 e. The lowest BCUT2D eigenvalue weighted by molar-refractivity contribution is 0.201. The number of hydrogen-bond donors (Lipinski definition) is 3. The summed E-state index contributed by atoms with van der Waals surface area (Å²) in [5, 5.41) is 2.97. The second-order valence-corrected chi connectivity index (χ2v) is 8.06. The van der Waals surface area contributed by atoms with Crippen LogP contribution in [0, 0.1) is 0 Å². The van der Waals surface area contributed by atoms with Crippen LogP contribution >= 0.6 is 23.4 Å². The van der Waals surface area contributed by atoms with Gasteiger partial charge in [-0.25, -0.2) is 10.9 Å². The molecule has 0 bridgehead atoms. The Morgan fingerprint density at radius 1 is 1.28 bits per heavy atom. The van der Waals surface area contributed by atoms with Crippen molar-refractivity contribution >= 4 is 29.1 Å². The minimum absolute atomic E-state index is 0.323. The van der Waals surface area contributed by atoms with Crippen molar-refractivity contribution < 1.29 is 0 Å². The van der Waals surface area contributed by atoms with E-state index in [2.05, 4.69) is 63.9 Å². The molecule has 5 rings (SSSR count). The lowest BCUT2D eigenvalue weighted by atomic mass is 10.00. The Hall–Kier alpha value is -1.70. The molecule has 1 aromatic carbocycles. The number of nitrogens with zero attached hydrogens (tertiary/aromatic N) is 2. The van der Waals surface area contributed by atoms with Crippen molar-refractivity contribution in [3.05, 3.63) is 75.5 Å². The van der Waals surface area contributed by atoms with E-state index in [1.54, 1.807) is 0 Å². The topological polar surface area (TPSA) is 42.6 Å². The number of thioether (sulfide) groups is 1. The van der Waals surface area contributed by atoms with E-state index in [1.807, 2.05) is 30.0 Å². The van der Waals surface area contributed by atoms with Gasteiger partial charge in [0.15, 0.2) is 4.99 Å². The van der Waals surface area contributed by atoms with E-state index >= 15 is 0 Å². The minimum atomic E-state index is -0.323. The number of nitrogens with one attached hydrogen (secondary N) is 3. The number of benzene rings is 1. The summed E-state index contributed by atoms with van der Waals surface area (Å²) in [6, 6.07) is 7.96. The van der Waals surface area contributed by atoms with Crippen molar-refractivity contribution in [2.24, 2.45) is 0 Å². The molecule has 1 spiro atoms. The Morgan fingerprint density at radius 2 is 2.16 bits per heavy atom. The Bertz CT molecular complexity index is 874. The first-order valence-electron chi connectivity index (χ1n) is 8.22. The number of allylic oxidation sites excluding steroid dienone is 3. The van der Waals surface area contributed by atoms with Gasteiger partial charge in [0.2, 0.25) is 0 Å². The Morgan fingerprint density at radius 3 is 3.04 bits per heavy atom. The lowest BCUT2D eigenvalue weighted by Crippen LogP contribution is -2.53. The smallest absolute Gasteiger partial charge is 0.178 e. The summed E-state index contributed by atoms with van der Waals surface area (Å²) >= 11 is 8.26. The van der Waals surface area contributed by atoms with E-state index in [9.17, 15) is 0 Å². The molecular weight excluding hydrogens is 354 g/mol. The SMILES string of the molecule is CN1C=CC2=C3CC=C(c4ccccc4Cl)NN4CNNC34SC2=C1. The second kappa shape index (κ2) is 5.65. The van der Waals surface area contributed by atoms with Gasteiger partial charge in [-0.1, -0.05) is 47.6 Å². The number of hydrogen-bond acceptors (Lipinski definition) is 6. The third-order valence-electron chi connectivity index (χ3n) is 4.86. The van der Waals surface area contributed by atoms with E-state index in [1.165, 1.54) is 16.1 Å². The molecule has 4 heterocycles. The number of hydrazine groups is 2. The zero-order chi connectivity index (χ0) is 17.0. The van der Waals surface area contributed by atoms with Crippen LogP contribution in [0.1, 0.15) is 12.0 Å². The van der Waals surface area contributed by atoms with Gasteiger partial charge in [-0.3, -0.25) is 0 Å². The molecule has 7 heteroatoms. The highest BCUT2D eigenvalue weighted by Crippen LogP contribution is 2.54. The molecule has 1 aromatic rings. The van der Waals surface area contributed by atoms with Crippen LogP contribution in [0.5, 0.6) is 0 Å². The van der Waals surface area contributed by atoms with Gasteiger partial charge in [-0.2, -0.15) is 5.01 Å². The molecule has 1 atom stereocenters. The predicted octanol–water partition coefficient (Wildman–Crippen LogP) is 2.95. The summed E-state index contributed by atoms with van der Waals surface area (Å²) in [5.41, 5.74) is 15.1. The zero-order valence-corrected chi connectivity index (χ0v) is 15.3. The maximum absolute atomic E-state index is 6.43. The average Bonchev–Trinajstić information content (AvgIpc) is 3.09. The van der Waals surface area contributed by atoms with E-state index in [4.69, 9.17) is 11.6 Å². The van der Waals surface area contributed by atoms with E-state index < -0.39 is 0 Å². The quantitative estimate of drug-likeness (QED) is 0.705. The monoisotopic (exact) mass is 371 g/mol. The molecule has 128 valence electrons. The van der Waals surface area contributed by atoms with Gasteiger partial charge in [0.05, 0.1) is 12.4 Å². The molecule has 0 aromatic heterocycles. The molecule has 0 aliphatic carbocycles. The maximum atomic E-state index is 6.43. The van der Waals surface area contributed by atoms with E-state index in [0.29, 0.717) is 6.67 Å². The van der Waals surface area contributed by atoms with Crippen LogP contribution in [-0.2, 0) is 0 Å². The number of fused-ring (bicyclic) bond motifs is 1. The van der Waals surface area contributed by atoms with Gasteiger partial charge in [-0.15, -0.1) is 0 Å². The summed E-state index contributed by atoms with van der Waals surface area (Å²) in [7, 11) is 2.06. The molecule has 3 N–H and O–H groups in total. The van der Waals surface area contributed by atoms with Crippen LogP contribution in [0.3, 0.4) is 0 Å². The molecule has 25 heavy (non-hydrogen) atoms. The normalized spacial score (nSPS) is 28.0. The van der Waals surface area contributed by atoms with Crippen molar-refractivity contribution in [3.63, 3.8) is 0 Å². The highest BCUT2D eigenvalue weighted by Gasteiger charge is 2.52. The summed E-state index contributed by atoms with van der Waals surface area (Å²) < 4.78 is 0. The van der Waals surface area contributed by atoms with Crippen LogP contribution < -0.4 is 16.3 Å². The van der Waals surface area contributed by atoms with Gasteiger partial charge >= 0.3 is 0 Å². The number of rotatable bonds is 1.